The predicted molar refractivity (Wildman–Crippen MR) is 98.9 cm³/mol. The number of carboxylic acid groups (broad SMARTS) is 1. The van der Waals surface area contributed by atoms with Crippen molar-refractivity contribution in [1.82, 2.24) is 0 Å². The van der Waals surface area contributed by atoms with E-state index in [-0.39, 0.29) is 5.91 Å². The highest BCUT2D eigenvalue weighted by atomic mass is 16.5. The summed E-state index contributed by atoms with van der Waals surface area (Å²) in [6.07, 6.45) is 0.765. The van der Waals surface area contributed by atoms with Gasteiger partial charge in [-0.3, -0.25) is 9.59 Å². The van der Waals surface area contributed by atoms with Crippen LogP contribution in [-0.2, 0) is 9.53 Å². The molecule has 1 atom stereocenters. The Morgan fingerprint density at radius 2 is 1.88 bits per heavy atom. The molecule has 0 spiro atoms. The number of rotatable bonds is 9. The number of amides is 1. The number of carbonyl (C=O) groups is 2. The van der Waals surface area contributed by atoms with E-state index in [0.717, 1.165) is 6.42 Å². The van der Waals surface area contributed by atoms with Crippen LogP contribution in [0.4, 0.5) is 5.69 Å². The maximum atomic E-state index is 12.5. The number of ether oxygens (including phenoxy) is 2. The maximum absolute atomic E-state index is 12.5. The SMILES string of the molecule is COCCCOc1cccc(C(=O)Nc2cccc(C(C)C(=O)O)c2)c1. The Hall–Kier alpha value is -2.86. The zero-order chi connectivity index (χ0) is 18.9. The van der Waals surface area contributed by atoms with Crippen molar-refractivity contribution in [3.05, 3.63) is 59.7 Å². The minimum atomic E-state index is -0.910. The van der Waals surface area contributed by atoms with E-state index in [1.54, 1.807) is 62.6 Å². The standard InChI is InChI=1S/C20H23NO5/c1-14(20(23)24)15-6-3-8-17(12-15)21-19(22)16-7-4-9-18(13-16)26-11-5-10-25-2/h3-4,6-9,12-14H,5,10-11H2,1-2H3,(H,21,22)(H,23,24). The van der Waals surface area contributed by atoms with Gasteiger partial charge in [0.1, 0.15) is 5.75 Å². The molecule has 1 amide bonds. The fraction of sp³-hybridized carbons (Fsp3) is 0.300. The molecular formula is C20H23NO5. The molecule has 0 aliphatic carbocycles. The van der Waals surface area contributed by atoms with E-state index in [4.69, 9.17) is 14.6 Å². The number of benzene rings is 2. The number of nitrogens with one attached hydrogen (secondary N) is 1. The van der Waals surface area contributed by atoms with Gasteiger partial charge < -0.3 is 19.9 Å². The Morgan fingerprint density at radius 3 is 2.62 bits per heavy atom. The summed E-state index contributed by atoms with van der Waals surface area (Å²) in [5.74, 6) is -1.23. The van der Waals surface area contributed by atoms with Crippen molar-refractivity contribution in [1.29, 1.82) is 0 Å². The lowest BCUT2D eigenvalue weighted by atomic mass is 10.0. The summed E-state index contributed by atoms with van der Waals surface area (Å²) in [6, 6.07) is 13.8. The van der Waals surface area contributed by atoms with E-state index >= 15 is 0 Å². The highest BCUT2D eigenvalue weighted by molar-refractivity contribution is 6.04. The third kappa shape index (κ3) is 5.60. The molecule has 6 heteroatoms. The van der Waals surface area contributed by atoms with Crippen molar-refractivity contribution >= 4 is 17.6 Å². The van der Waals surface area contributed by atoms with E-state index in [2.05, 4.69) is 5.32 Å². The van der Waals surface area contributed by atoms with Gasteiger partial charge in [0.15, 0.2) is 0 Å². The summed E-state index contributed by atoms with van der Waals surface area (Å²) in [5.41, 5.74) is 1.64. The number of aliphatic carboxylic acids is 1. The molecule has 0 aliphatic rings. The Morgan fingerprint density at radius 1 is 1.12 bits per heavy atom. The number of methoxy groups -OCH3 is 1. The third-order valence-corrected chi connectivity index (χ3v) is 3.87. The lowest BCUT2D eigenvalue weighted by Gasteiger charge is -2.11. The zero-order valence-electron chi connectivity index (χ0n) is 14.9. The second-order valence-corrected chi connectivity index (χ2v) is 5.86. The molecule has 0 aromatic heterocycles. The molecule has 2 aromatic carbocycles. The fourth-order valence-electron chi connectivity index (χ4n) is 2.35. The molecule has 26 heavy (non-hydrogen) atoms. The minimum Gasteiger partial charge on any atom is -0.493 e. The Kier molecular flexibility index (Phi) is 7.17. The van der Waals surface area contributed by atoms with Gasteiger partial charge in [-0.25, -0.2) is 0 Å². The van der Waals surface area contributed by atoms with Crippen LogP contribution in [0, 0.1) is 0 Å². The summed E-state index contributed by atoms with van der Waals surface area (Å²) in [5, 5.41) is 11.9. The quantitative estimate of drug-likeness (QED) is 0.671. The van der Waals surface area contributed by atoms with Gasteiger partial charge in [0.05, 0.1) is 12.5 Å². The van der Waals surface area contributed by atoms with Crippen molar-refractivity contribution in [3.8, 4) is 5.75 Å². The van der Waals surface area contributed by atoms with E-state index in [0.29, 0.717) is 35.8 Å². The van der Waals surface area contributed by atoms with E-state index in [1.165, 1.54) is 0 Å². The highest BCUT2D eigenvalue weighted by Crippen LogP contribution is 2.21. The molecule has 0 fully saturated rings. The molecule has 138 valence electrons. The van der Waals surface area contributed by atoms with Crippen molar-refractivity contribution in [2.24, 2.45) is 0 Å². The first-order chi connectivity index (χ1) is 12.5. The van der Waals surface area contributed by atoms with Crippen molar-refractivity contribution < 1.29 is 24.2 Å². The topological polar surface area (TPSA) is 84.9 Å². The van der Waals surface area contributed by atoms with Crippen LogP contribution >= 0.6 is 0 Å². The monoisotopic (exact) mass is 357 g/mol. The highest BCUT2D eigenvalue weighted by Gasteiger charge is 2.14. The second kappa shape index (κ2) is 9.58. The number of anilines is 1. The third-order valence-electron chi connectivity index (χ3n) is 3.87. The minimum absolute atomic E-state index is 0.285. The van der Waals surface area contributed by atoms with Gasteiger partial charge in [-0.05, 0) is 42.8 Å². The summed E-state index contributed by atoms with van der Waals surface area (Å²) in [4.78, 5) is 23.6. The number of carbonyl (C=O) groups excluding carboxylic acids is 1. The van der Waals surface area contributed by atoms with Crippen molar-refractivity contribution in [3.63, 3.8) is 0 Å². The average Bonchev–Trinajstić information content (AvgIpc) is 2.65. The van der Waals surface area contributed by atoms with E-state index in [1.807, 2.05) is 0 Å². The molecule has 6 nitrogen and oxygen atoms in total. The van der Waals surface area contributed by atoms with Gasteiger partial charge in [0.2, 0.25) is 0 Å². The van der Waals surface area contributed by atoms with Gasteiger partial charge in [0, 0.05) is 31.4 Å². The van der Waals surface area contributed by atoms with Crippen LogP contribution in [0.3, 0.4) is 0 Å². The molecular weight excluding hydrogens is 334 g/mol. The molecule has 0 bridgehead atoms. The van der Waals surface area contributed by atoms with Crippen molar-refractivity contribution in [2.75, 3.05) is 25.6 Å². The second-order valence-electron chi connectivity index (χ2n) is 5.86. The molecule has 0 heterocycles. The van der Waals surface area contributed by atoms with Crippen LogP contribution in [0.25, 0.3) is 0 Å². The van der Waals surface area contributed by atoms with Gasteiger partial charge >= 0.3 is 5.97 Å². The van der Waals surface area contributed by atoms with Crippen LogP contribution < -0.4 is 10.1 Å². The Balaban J connectivity index is 2.03. The Labute approximate surface area is 152 Å². The summed E-state index contributed by atoms with van der Waals surface area (Å²) < 4.78 is 10.6. The van der Waals surface area contributed by atoms with E-state index < -0.39 is 11.9 Å². The number of hydrogen-bond donors (Lipinski definition) is 2. The number of hydrogen-bond acceptors (Lipinski definition) is 4. The van der Waals surface area contributed by atoms with Crippen LogP contribution in [0.5, 0.6) is 5.75 Å². The first-order valence-electron chi connectivity index (χ1n) is 8.37. The number of carboxylic acids is 1. The van der Waals surface area contributed by atoms with Crippen LogP contribution in [0.15, 0.2) is 48.5 Å². The van der Waals surface area contributed by atoms with Gasteiger partial charge in [0.25, 0.3) is 5.91 Å². The summed E-state index contributed by atoms with van der Waals surface area (Å²) in [7, 11) is 1.64. The molecule has 0 saturated heterocycles. The smallest absolute Gasteiger partial charge is 0.310 e. The van der Waals surface area contributed by atoms with Crippen LogP contribution in [0.2, 0.25) is 0 Å². The summed E-state index contributed by atoms with van der Waals surface area (Å²) in [6.45, 7) is 2.73. The molecule has 2 N–H and O–H groups in total. The van der Waals surface area contributed by atoms with Crippen LogP contribution in [0.1, 0.15) is 35.2 Å². The van der Waals surface area contributed by atoms with Gasteiger partial charge in [-0.15, -0.1) is 0 Å². The summed E-state index contributed by atoms with van der Waals surface area (Å²) >= 11 is 0. The first kappa shape index (κ1) is 19.5. The van der Waals surface area contributed by atoms with Gasteiger partial charge in [-0.1, -0.05) is 18.2 Å². The Bertz CT molecular complexity index is 759. The molecule has 2 rings (SSSR count). The van der Waals surface area contributed by atoms with Gasteiger partial charge in [-0.2, -0.15) is 0 Å². The lowest BCUT2D eigenvalue weighted by Crippen LogP contribution is -2.13. The van der Waals surface area contributed by atoms with E-state index in [9.17, 15) is 9.59 Å². The van der Waals surface area contributed by atoms with Crippen LogP contribution in [-0.4, -0.2) is 37.3 Å². The van der Waals surface area contributed by atoms with Crippen molar-refractivity contribution in [2.45, 2.75) is 19.3 Å². The molecule has 1 unspecified atom stereocenters. The zero-order valence-corrected chi connectivity index (χ0v) is 14.9. The lowest BCUT2D eigenvalue weighted by molar-refractivity contribution is -0.138. The fourth-order valence-corrected chi connectivity index (χ4v) is 2.35. The maximum Gasteiger partial charge on any atom is 0.310 e. The molecule has 2 aromatic rings. The predicted octanol–water partition coefficient (Wildman–Crippen LogP) is 3.54. The normalized spacial score (nSPS) is 11.6. The molecule has 0 aliphatic heterocycles. The molecule has 0 radical (unpaired) electrons. The largest absolute Gasteiger partial charge is 0.493 e. The average molecular weight is 357 g/mol. The first-order valence-corrected chi connectivity index (χ1v) is 8.37. The molecule has 0 saturated carbocycles.